The molecule has 0 aliphatic carbocycles. The van der Waals surface area contributed by atoms with Gasteiger partial charge in [0.1, 0.15) is 11.8 Å². The lowest BCUT2D eigenvalue weighted by Gasteiger charge is -2.36. The number of carbonyl (C=O) groups excluding carboxylic acids is 1. The number of ether oxygens (including phenoxy) is 1. The second kappa shape index (κ2) is 7.79. The van der Waals surface area contributed by atoms with E-state index in [1.54, 1.807) is 0 Å². The first-order valence-corrected chi connectivity index (χ1v) is 10.3. The van der Waals surface area contributed by atoms with Crippen molar-refractivity contribution in [3.05, 3.63) is 54.6 Å². The molecule has 0 radical (unpaired) electrons. The topological polar surface area (TPSA) is 58.6 Å². The van der Waals surface area contributed by atoms with Crippen molar-refractivity contribution in [1.82, 2.24) is 15.1 Å². The second-order valence-electron chi connectivity index (χ2n) is 7.60. The summed E-state index contributed by atoms with van der Waals surface area (Å²) in [7, 11) is 0. The van der Waals surface area contributed by atoms with Gasteiger partial charge in [-0.05, 0) is 12.8 Å². The summed E-state index contributed by atoms with van der Waals surface area (Å²) in [6.07, 6.45) is 1.58. The molecule has 0 spiro atoms. The third-order valence-electron chi connectivity index (χ3n) is 5.81. The number of rotatable bonds is 3. The van der Waals surface area contributed by atoms with E-state index in [4.69, 9.17) is 4.74 Å². The van der Waals surface area contributed by atoms with Gasteiger partial charge in [-0.1, -0.05) is 54.6 Å². The highest BCUT2D eigenvalue weighted by molar-refractivity contribution is 6.00. The van der Waals surface area contributed by atoms with E-state index in [-0.39, 0.29) is 12.0 Å². The molecule has 1 unspecified atom stereocenters. The van der Waals surface area contributed by atoms with E-state index < -0.39 is 0 Å². The Morgan fingerprint density at radius 1 is 0.897 bits per heavy atom. The SMILES string of the molecule is O=C(C1CCCO1)N1CCN(c2nnc(-c3ccccc3)c3ccccc23)CC1. The van der Waals surface area contributed by atoms with Crippen LogP contribution >= 0.6 is 0 Å². The van der Waals surface area contributed by atoms with E-state index in [9.17, 15) is 4.79 Å². The predicted molar refractivity (Wildman–Crippen MR) is 113 cm³/mol. The molecule has 29 heavy (non-hydrogen) atoms. The lowest BCUT2D eigenvalue weighted by molar-refractivity contribution is -0.141. The monoisotopic (exact) mass is 388 g/mol. The van der Waals surface area contributed by atoms with Crippen molar-refractivity contribution in [3.8, 4) is 11.3 Å². The van der Waals surface area contributed by atoms with Crippen LogP contribution in [-0.4, -0.2) is 59.9 Å². The minimum absolute atomic E-state index is 0.137. The number of fused-ring (bicyclic) bond motifs is 1. The summed E-state index contributed by atoms with van der Waals surface area (Å²) in [5.74, 6) is 1.03. The lowest BCUT2D eigenvalue weighted by atomic mass is 10.0. The van der Waals surface area contributed by atoms with Crippen molar-refractivity contribution in [1.29, 1.82) is 0 Å². The fourth-order valence-electron chi connectivity index (χ4n) is 4.25. The van der Waals surface area contributed by atoms with E-state index >= 15 is 0 Å². The van der Waals surface area contributed by atoms with Gasteiger partial charge in [-0.25, -0.2) is 0 Å². The molecule has 2 aliphatic rings. The Morgan fingerprint density at radius 2 is 1.62 bits per heavy atom. The zero-order valence-corrected chi connectivity index (χ0v) is 16.3. The maximum atomic E-state index is 12.6. The summed E-state index contributed by atoms with van der Waals surface area (Å²) in [5.41, 5.74) is 1.96. The average molecular weight is 388 g/mol. The molecule has 1 aromatic heterocycles. The molecule has 2 aromatic carbocycles. The second-order valence-corrected chi connectivity index (χ2v) is 7.60. The van der Waals surface area contributed by atoms with Gasteiger partial charge in [0.15, 0.2) is 5.82 Å². The molecule has 148 valence electrons. The molecule has 1 atom stereocenters. The van der Waals surface area contributed by atoms with Gasteiger partial charge < -0.3 is 14.5 Å². The number of hydrogen-bond acceptors (Lipinski definition) is 5. The quantitative estimate of drug-likeness (QED) is 0.690. The van der Waals surface area contributed by atoms with Gasteiger partial charge in [0.2, 0.25) is 0 Å². The van der Waals surface area contributed by atoms with Gasteiger partial charge in [0.25, 0.3) is 5.91 Å². The lowest BCUT2D eigenvalue weighted by Crippen LogP contribution is -2.51. The molecule has 6 nitrogen and oxygen atoms in total. The fourth-order valence-corrected chi connectivity index (χ4v) is 4.25. The van der Waals surface area contributed by atoms with Crippen molar-refractivity contribution in [3.63, 3.8) is 0 Å². The summed E-state index contributed by atoms with van der Waals surface area (Å²) in [6, 6.07) is 18.5. The number of piperazine rings is 1. The first-order chi connectivity index (χ1) is 14.3. The molecule has 3 heterocycles. The summed E-state index contributed by atoms with van der Waals surface area (Å²) in [5, 5.41) is 11.4. The van der Waals surface area contributed by atoms with Crippen LogP contribution in [0.3, 0.4) is 0 Å². The Bertz CT molecular complexity index is 1010. The van der Waals surface area contributed by atoms with Gasteiger partial charge in [-0.2, -0.15) is 0 Å². The molecular formula is C23H24N4O2. The van der Waals surface area contributed by atoms with Crippen LogP contribution in [0.1, 0.15) is 12.8 Å². The van der Waals surface area contributed by atoms with Crippen molar-refractivity contribution < 1.29 is 9.53 Å². The molecule has 6 heteroatoms. The van der Waals surface area contributed by atoms with E-state index in [0.29, 0.717) is 19.7 Å². The highest BCUT2D eigenvalue weighted by atomic mass is 16.5. The van der Waals surface area contributed by atoms with Crippen LogP contribution in [0.2, 0.25) is 0 Å². The summed E-state index contributed by atoms with van der Waals surface area (Å²) < 4.78 is 5.57. The van der Waals surface area contributed by atoms with E-state index in [1.165, 1.54) is 0 Å². The maximum absolute atomic E-state index is 12.6. The minimum atomic E-state index is -0.243. The van der Waals surface area contributed by atoms with Crippen LogP contribution in [0.25, 0.3) is 22.0 Å². The molecule has 0 saturated carbocycles. The van der Waals surface area contributed by atoms with Gasteiger partial charge in [0, 0.05) is 49.1 Å². The number of hydrogen-bond donors (Lipinski definition) is 0. The first kappa shape index (κ1) is 18.1. The van der Waals surface area contributed by atoms with Crippen LogP contribution in [0.4, 0.5) is 5.82 Å². The van der Waals surface area contributed by atoms with Gasteiger partial charge >= 0.3 is 0 Å². The van der Waals surface area contributed by atoms with Crippen LogP contribution in [0.5, 0.6) is 0 Å². The van der Waals surface area contributed by atoms with E-state index in [1.807, 2.05) is 35.2 Å². The van der Waals surface area contributed by atoms with E-state index in [0.717, 1.165) is 53.8 Å². The Balaban J connectivity index is 1.40. The molecular weight excluding hydrogens is 364 g/mol. The number of amides is 1. The highest BCUT2D eigenvalue weighted by Gasteiger charge is 2.31. The number of aromatic nitrogens is 2. The zero-order valence-electron chi connectivity index (χ0n) is 16.3. The third kappa shape index (κ3) is 3.44. The molecule has 2 fully saturated rings. The number of benzene rings is 2. The summed E-state index contributed by atoms with van der Waals surface area (Å²) in [4.78, 5) is 16.8. The Labute approximate surface area is 170 Å². The molecule has 0 N–H and O–H groups in total. The molecule has 2 saturated heterocycles. The van der Waals surface area contributed by atoms with E-state index in [2.05, 4.69) is 39.4 Å². The molecule has 2 aliphatic heterocycles. The Morgan fingerprint density at radius 3 is 2.34 bits per heavy atom. The Kier molecular flexibility index (Phi) is 4.86. The number of anilines is 1. The Hall–Kier alpha value is -2.99. The fraction of sp³-hybridized carbons (Fsp3) is 0.348. The van der Waals surface area contributed by atoms with Crippen molar-refractivity contribution in [2.45, 2.75) is 18.9 Å². The third-order valence-corrected chi connectivity index (χ3v) is 5.81. The standard InChI is InChI=1S/C23H24N4O2/c28-23(20-11-6-16-29-20)27-14-12-26(13-15-27)22-19-10-5-4-9-18(19)21(24-25-22)17-7-2-1-3-8-17/h1-5,7-10,20H,6,11-16H2. The largest absolute Gasteiger partial charge is 0.368 e. The normalized spacial score (nSPS) is 19.7. The maximum Gasteiger partial charge on any atom is 0.251 e. The zero-order chi connectivity index (χ0) is 19.6. The van der Waals surface area contributed by atoms with Crippen LogP contribution < -0.4 is 4.90 Å². The van der Waals surface area contributed by atoms with Crippen LogP contribution in [-0.2, 0) is 9.53 Å². The summed E-state index contributed by atoms with van der Waals surface area (Å²) >= 11 is 0. The van der Waals surface area contributed by atoms with Crippen LogP contribution in [0.15, 0.2) is 54.6 Å². The summed E-state index contributed by atoms with van der Waals surface area (Å²) in [6.45, 7) is 3.58. The minimum Gasteiger partial charge on any atom is -0.368 e. The predicted octanol–water partition coefficient (Wildman–Crippen LogP) is 3.12. The highest BCUT2D eigenvalue weighted by Crippen LogP contribution is 2.31. The van der Waals surface area contributed by atoms with Gasteiger partial charge in [-0.15, -0.1) is 10.2 Å². The number of nitrogens with zero attached hydrogens (tertiary/aromatic N) is 4. The smallest absolute Gasteiger partial charge is 0.251 e. The van der Waals surface area contributed by atoms with Crippen molar-refractivity contribution in [2.24, 2.45) is 0 Å². The van der Waals surface area contributed by atoms with Gasteiger partial charge in [0.05, 0.1) is 0 Å². The molecule has 3 aromatic rings. The molecule has 5 rings (SSSR count). The first-order valence-electron chi connectivity index (χ1n) is 10.3. The van der Waals surface area contributed by atoms with Crippen LogP contribution in [0, 0.1) is 0 Å². The average Bonchev–Trinajstić information content (AvgIpc) is 3.34. The van der Waals surface area contributed by atoms with Crippen molar-refractivity contribution in [2.75, 3.05) is 37.7 Å². The number of carbonyl (C=O) groups is 1. The van der Waals surface area contributed by atoms with Gasteiger partial charge in [-0.3, -0.25) is 4.79 Å². The molecule has 1 amide bonds. The molecule has 0 bridgehead atoms. The van der Waals surface area contributed by atoms with Crippen molar-refractivity contribution >= 4 is 22.5 Å².